The van der Waals surface area contributed by atoms with E-state index in [9.17, 15) is 9.59 Å². The molecule has 1 heterocycles. The molecule has 3 rings (SSSR count). The van der Waals surface area contributed by atoms with E-state index in [0.29, 0.717) is 35.9 Å². The van der Waals surface area contributed by atoms with E-state index in [1.165, 1.54) is 11.3 Å². The van der Waals surface area contributed by atoms with Gasteiger partial charge in [-0.3, -0.25) is 9.59 Å². The third-order valence-electron chi connectivity index (χ3n) is 4.11. The van der Waals surface area contributed by atoms with Gasteiger partial charge in [0, 0.05) is 13.2 Å². The van der Waals surface area contributed by atoms with Gasteiger partial charge in [0.15, 0.2) is 0 Å². The zero-order valence-corrected chi connectivity index (χ0v) is 16.4. The minimum atomic E-state index is -0.236. The highest BCUT2D eigenvalue weighted by molar-refractivity contribution is 7.12. The third kappa shape index (κ3) is 5.28. The predicted molar refractivity (Wildman–Crippen MR) is 112 cm³/mol. The topological polar surface area (TPSA) is 67.4 Å². The van der Waals surface area contributed by atoms with Crippen molar-refractivity contribution in [2.45, 2.75) is 20.1 Å². The minimum Gasteiger partial charge on any atom is -0.377 e. The summed E-state index contributed by atoms with van der Waals surface area (Å²) >= 11 is 1.36. The van der Waals surface area contributed by atoms with Crippen LogP contribution in [0.4, 0.5) is 5.69 Å². The van der Waals surface area contributed by atoms with Gasteiger partial charge in [-0.2, -0.15) is 0 Å². The average molecular weight is 394 g/mol. The Hall–Kier alpha value is -2.96. The summed E-state index contributed by atoms with van der Waals surface area (Å²) in [5.41, 5.74) is 3.01. The van der Waals surface area contributed by atoms with Crippen molar-refractivity contribution in [3.63, 3.8) is 0 Å². The summed E-state index contributed by atoms with van der Waals surface area (Å²) in [5, 5.41) is 7.56. The quantitative estimate of drug-likeness (QED) is 0.592. The number of rotatable bonds is 8. The molecule has 0 radical (unpaired) electrons. The Morgan fingerprint density at radius 1 is 0.929 bits per heavy atom. The molecule has 2 amide bonds. The van der Waals surface area contributed by atoms with Crippen molar-refractivity contribution in [1.29, 1.82) is 0 Å². The zero-order valence-electron chi connectivity index (χ0n) is 15.6. The van der Waals surface area contributed by atoms with Gasteiger partial charge in [-0.15, -0.1) is 11.3 Å². The van der Waals surface area contributed by atoms with Gasteiger partial charge in [0.25, 0.3) is 11.8 Å². The molecule has 144 valence electrons. The second-order valence-corrected chi connectivity index (χ2v) is 7.06. The lowest BCUT2D eigenvalue weighted by Crippen LogP contribution is -2.24. The molecule has 3 aromatic rings. The molecule has 0 fully saturated rings. The molecule has 2 aromatic carbocycles. The van der Waals surface area contributed by atoms with Crippen molar-refractivity contribution < 1.29 is 14.3 Å². The molecule has 0 aliphatic heterocycles. The first kappa shape index (κ1) is 19.8. The third-order valence-corrected chi connectivity index (χ3v) is 4.98. The fourth-order valence-corrected chi connectivity index (χ4v) is 3.25. The summed E-state index contributed by atoms with van der Waals surface area (Å²) in [4.78, 5) is 25.5. The maximum Gasteiger partial charge on any atom is 0.265 e. The van der Waals surface area contributed by atoms with Gasteiger partial charge in [-0.25, -0.2) is 0 Å². The molecular formula is C22H22N2O3S. The fourth-order valence-electron chi connectivity index (χ4n) is 2.63. The first-order chi connectivity index (χ1) is 13.7. The number of ether oxygens (including phenoxy) is 1. The van der Waals surface area contributed by atoms with E-state index in [1.807, 2.05) is 42.6 Å². The van der Waals surface area contributed by atoms with Gasteiger partial charge in [-0.1, -0.05) is 42.5 Å². The number of thiophene rings is 1. The number of nitrogens with one attached hydrogen (secondary N) is 2. The van der Waals surface area contributed by atoms with Gasteiger partial charge in [-0.05, 0) is 41.6 Å². The molecule has 0 aliphatic rings. The maximum absolute atomic E-state index is 12.6. The summed E-state index contributed by atoms with van der Waals surface area (Å²) in [7, 11) is 0. The lowest BCUT2D eigenvalue weighted by molar-refractivity contribution is 0.0951. The Kier molecular flexibility index (Phi) is 6.94. The molecule has 0 saturated heterocycles. The Morgan fingerprint density at radius 3 is 2.39 bits per heavy atom. The Balaban J connectivity index is 1.62. The van der Waals surface area contributed by atoms with Crippen LogP contribution in [0.2, 0.25) is 0 Å². The Labute approximate surface area is 168 Å². The Morgan fingerprint density at radius 2 is 1.68 bits per heavy atom. The number of benzene rings is 2. The summed E-state index contributed by atoms with van der Waals surface area (Å²) in [6.45, 7) is 3.63. The SMILES string of the molecule is CCOCc1ccc(CNC(=O)c2ccccc2NC(=O)c2cccs2)cc1. The van der Waals surface area contributed by atoms with E-state index >= 15 is 0 Å². The molecule has 6 heteroatoms. The van der Waals surface area contributed by atoms with Crippen molar-refractivity contribution in [2.75, 3.05) is 11.9 Å². The van der Waals surface area contributed by atoms with Gasteiger partial charge >= 0.3 is 0 Å². The van der Waals surface area contributed by atoms with E-state index in [-0.39, 0.29) is 11.8 Å². The molecule has 0 spiro atoms. The van der Waals surface area contributed by atoms with Gasteiger partial charge in [0.2, 0.25) is 0 Å². The number of hydrogen-bond donors (Lipinski definition) is 2. The van der Waals surface area contributed by atoms with Crippen molar-refractivity contribution in [3.8, 4) is 0 Å². The number of para-hydroxylation sites is 1. The summed E-state index contributed by atoms with van der Waals surface area (Å²) in [6, 6.07) is 18.5. The van der Waals surface area contributed by atoms with Crippen molar-refractivity contribution in [2.24, 2.45) is 0 Å². The van der Waals surface area contributed by atoms with Crippen LogP contribution in [0.25, 0.3) is 0 Å². The van der Waals surface area contributed by atoms with Crippen LogP contribution < -0.4 is 10.6 Å². The monoisotopic (exact) mass is 394 g/mol. The van der Waals surface area contributed by atoms with E-state index in [1.54, 1.807) is 30.3 Å². The average Bonchev–Trinajstić information content (AvgIpc) is 3.27. The molecule has 5 nitrogen and oxygen atoms in total. The second-order valence-electron chi connectivity index (χ2n) is 6.11. The number of anilines is 1. The molecule has 0 aliphatic carbocycles. The van der Waals surface area contributed by atoms with Crippen LogP contribution in [0.1, 0.15) is 38.1 Å². The van der Waals surface area contributed by atoms with Crippen LogP contribution in [0.5, 0.6) is 0 Å². The first-order valence-corrected chi connectivity index (χ1v) is 9.93. The molecule has 28 heavy (non-hydrogen) atoms. The normalized spacial score (nSPS) is 10.5. The molecule has 1 aromatic heterocycles. The lowest BCUT2D eigenvalue weighted by atomic mass is 10.1. The molecule has 0 bridgehead atoms. The molecule has 0 unspecified atom stereocenters. The van der Waals surface area contributed by atoms with Crippen LogP contribution >= 0.6 is 11.3 Å². The van der Waals surface area contributed by atoms with E-state index in [0.717, 1.165) is 11.1 Å². The van der Waals surface area contributed by atoms with Gasteiger partial charge < -0.3 is 15.4 Å². The summed E-state index contributed by atoms with van der Waals surface area (Å²) in [6.07, 6.45) is 0. The van der Waals surface area contributed by atoms with Crippen molar-refractivity contribution >= 4 is 28.8 Å². The number of hydrogen-bond acceptors (Lipinski definition) is 4. The highest BCUT2D eigenvalue weighted by atomic mass is 32.1. The summed E-state index contributed by atoms with van der Waals surface area (Å²) in [5.74, 6) is -0.458. The smallest absolute Gasteiger partial charge is 0.265 e. The first-order valence-electron chi connectivity index (χ1n) is 9.05. The Bertz CT molecular complexity index is 921. The summed E-state index contributed by atoms with van der Waals surface area (Å²) < 4.78 is 5.38. The molecular weight excluding hydrogens is 372 g/mol. The van der Waals surface area contributed by atoms with Gasteiger partial charge in [0.1, 0.15) is 0 Å². The standard InChI is InChI=1S/C22H22N2O3S/c1-2-27-15-17-11-9-16(10-12-17)14-23-21(25)18-6-3-4-7-19(18)24-22(26)20-8-5-13-28-20/h3-13H,2,14-15H2,1H3,(H,23,25)(H,24,26). The fraction of sp³-hybridized carbons (Fsp3) is 0.182. The number of carbonyl (C=O) groups excluding carboxylic acids is 2. The second kappa shape index (κ2) is 9.82. The minimum absolute atomic E-state index is 0.222. The van der Waals surface area contributed by atoms with Crippen LogP contribution in [0.3, 0.4) is 0 Å². The maximum atomic E-state index is 12.6. The zero-order chi connectivity index (χ0) is 19.8. The van der Waals surface area contributed by atoms with Crippen molar-refractivity contribution in [1.82, 2.24) is 5.32 Å². The lowest BCUT2D eigenvalue weighted by Gasteiger charge is -2.11. The molecule has 0 atom stereocenters. The largest absolute Gasteiger partial charge is 0.377 e. The van der Waals surface area contributed by atoms with Gasteiger partial charge in [0.05, 0.1) is 22.7 Å². The molecule has 2 N–H and O–H groups in total. The highest BCUT2D eigenvalue weighted by Gasteiger charge is 2.14. The molecule has 0 saturated carbocycles. The van der Waals surface area contributed by atoms with Crippen LogP contribution in [0, 0.1) is 0 Å². The van der Waals surface area contributed by atoms with Crippen LogP contribution in [-0.2, 0) is 17.9 Å². The van der Waals surface area contributed by atoms with Crippen LogP contribution in [-0.4, -0.2) is 18.4 Å². The number of amides is 2. The van der Waals surface area contributed by atoms with Crippen molar-refractivity contribution in [3.05, 3.63) is 87.6 Å². The number of carbonyl (C=O) groups is 2. The van der Waals surface area contributed by atoms with E-state index < -0.39 is 0 Å². The van der Waals surface area contributed by atoms with Crippen LogP contribution in [0.15, 0.2) is 66.0 Å². The highest BCUT2D eigenvalue weighted by Crippen LogP contribution is 2.18. The van der Waals surface area contributed by atoms with E-state index in [2.05, 4.69) is 10.6 Å². The van der Waals surface area contributed by atoms with E-state index in [4.69, 9.17) is 4.74 Å². The predicted octanol–water partition coefficient (Wildman–Crippen LogP) is 4.47.